The number of carbonyl (C=O) groups excluding carboxylic acids is 7. The van der Waals surface area contributed by atoms with Crippen molar-refractivity contribution in [2.45, 2.75) is 263 Å². The second-order valence-electron chi connectivity index (χ2n) is 31.7. The van der Waals surface area contributed by atoms with Gasteiger partial charge in [0.15, 0.2) is 6.04 Å². The van der Waals surface area contributed by atoms with Crippen molar-refractivity contribution in [1.29, 1.82) is 0 Å². The first kappa shape index (κ1) is 108. The van der Waals surface area contributed by atoms with Crippen LogP contribution in [-0.2, 0) is 84.7 Å². The number of ether oxygens (including phenoxy) is 8. The van der Waals surface area contributed by atoms with Gasteiger partial charge in [0.1, 0.15) is 45.7 Å². The van der Waals surface area contributed by atoms with E-state index in [9.17, 15) is 38.4 Å². The van der Waals surface area contributed by atoms with Crippen LogP contribution in [0.15, 0.2) is 168 Å². The molecule has 2 saturated carbocycles. The highest BCUT2D eigenvalue weighted by Gasteiger charge is 2.34. The van der Waals surface area contributed by atoms with Gasteiger partial charge in [-0.2, -0.15) is 0 Å². The number of quaternary nitrogens is 2. The number of carboxylic acid groups (broad SMARTS) is 1. The van der Waals surface area contributed by atoms with E-state index in [1.807, 2.05) is 84.9 Å². The molecular weight excluding hydrogens is 1630 g/mol. The Morgan fingerprint density at radius 3 is 1.34 bits per heavy atom. The van der Waals surface area contributed by atoms with Gasteiger partial charge in [0, 0.05) is 56.1 Å². The van der Waals surface area contributed by atoms with Gasteiger partial charge in [-0.1, -0.05) is 241 Å². The number of halogens is 2. The third kappa shape index (κ3) is 43.4. The molecule has 24 nitrogen and oxygen atoms in total. The number of hydrogen-bond acceptors (Lipinski definition) is 19. The van der Waals surface area contributed by atoms with E-state index >= 15 is 0 Å². The number of aliphatic carboxylic acids is 1. The summed E-state index contributed by atoms with van der Waals surface area (Å²) in [6.45, 7) is 16.6. The molecule has 0 radical (unpaired) electrons. The number of nitrogens with zero attached hydrogens (tertiary/aromatic N) is 3. The van der Waals surface area contributed by atoms with Crippen LogP contribution in [0.3, 0.4) is 0 Å². The summed E-state index contributed by atoms with van der Waals surface area (Å²) >= 11 is 0. The minimum Gasteiger partial charge on any atom is -1.00 e. The first-order valence-corrected chi connectivity index (χ1v) is 44.6. The average molecular weight is 1770 g/mol. The molecule has 2 atom stereocenters. The predicted molar refractivity (Wildman–Crippen MR) is 477 cm³/mol. The second kappa shape index (κ2) is 65.0. The van der Waals surface area contributed by atoms with E-state index in [1.54, 1.807) is 0 Å². The molecule has 4 aliphatic carbocycles. The molecule has 0 aromatic heterocycles. The van der Waals surface area contributed by atoms with E-state index in [2.05, 4.69) is 161 Å². The monoisotopic (exact) mass is 1770 g/mol. The van der Waals surface area contributed by atoms with Crippen molar-refractivity contribution in [3.05, 3.63) is 191 Å². The largest absolute Gasteiger partial charge is 1.00 e. The topological polar surface area (TPSA) is 338 Å². The Hall–Kier alpha value is -9.64. The van der Waals surface area contributed by atoms with Crippen molar-refractivity contribution >= 4 is 53.8 Å². The molecule has 0 bridgehead atoms. The number of hydrogen-bond donors (Lipinski definition) is 5. The Bertz CT molecular complexity index is 4070. The van der Waals surface area contributed by atoms with Crippen molar-refractivity contribution < 1.29 is 118 Å². The van der Waals surface area contributed by atoms with Crippen LogP contribution in [0.4, 0.5) is 4.79 Å². The molecule has 6 aromatic carbocycles. The lowest BCUT2D eigenvalue weighted by molar-refractivity contribution is -0.405. The maximum Gasteiger partial charge on any atom is 0.415 e. The number of carboxylic acids is 1. The van der Waals surface area contributed by atoms with Gasteiger partial charge in [-0.25, -0.2) is 24.4 Å². The summed E-state index contributed by atoms with van der Waals surface area (Å²) in [6.07, 6.45) is 29.3. The first-order valence-electron chi connectivity index (χ1n) is 44.6. The van der Waals surface area contributed by atoms with Gasteiger partial charge in [-0.3, -0.25) is 28.9 Å². The molecule has 0 unspecified atom stereocenters. The number of esters is 5. The first-order chi connectivity index (χ1) is 59.8. The number of cyclic esters (lactones) is 2. The SMILES string of the molecule is C#CCOCCOCCOCC(=O)O.C(=NC1CCCCC1)=NC1CCCCC1.CCN(C(C)C)C(C)C.O=C(CC[C@@H]1NC(=O)OC1=O)OCc1ccccc1.[Cl-].[Cl-].[NH3+]CCCCCCCC(=O)OCC1c2ccccc2-c2ccccc21.[NH3+][C@@H](CCC(=O)OCc1ccccc1)C(=O)NCCCCCCCC(=O)OCC1c2ccccc2-c2ccccc21. The van der Waals surface area contributed by atoms with Crippen LogP contribution in [0.25, 0.3) is 22.3 Å². The summed E-state index contributed by atoms with van der Waals surface area (Å²) in [7, 11) is 0. The zero-order valence-corrected chi connectivity index (χ0v) is 75.8. The molecule has 6 aromatic rings. The number of aliphatic imine (C=N–C) groups is 2. The number of fused-ring (bicyclic) bond motifs is 6. The fraction of sp³-hybridized carbons (Fsp3) is 0.525. The minimum atomic E-state index is -0.984. The van der Waals surface area contributed by atoms with E-state index in [4.69, 9.17) is 44.7 Å². The van der Waals surface area contributed by atoms with Crippen LogP contribution in [-0.4, -0.2) is 173 Å². The minimum absolute atomic E-state index is 0. The highest BCUT2D eigenvalue weighted by atomic mass is 35.5. The van der Waals surface area contributed by atoms with Crippen LogP contribution in [0.1, 0.15) is 247 Å². The van der Waals surface area contributed by atoms with Crippen molar-refractivity contribution in [2.24, 2.45) is 9.98 Å². The summed E-state index contributed by atoms with van der Waals surface area (Å²) in [5.41, 5.74) is 19.5. The zero-order valence-electron chi connectivity index (χ0n) is 74.3. The molecule has 1 saturated heterocycles. The molecular formula is C99H137Cl2N7O17. The Morgan fingerprint density at radius 1 is 0.528 bits per heavy atom. The second-order valence-corrected chi connectivity index (χ2v) is 31.7. The van der Waals surface area contributed by atoms with Crippen LogP contribution in [0, 0.1) is 12.3 Å². The fourth-order valence-corrected chi connectivity index (χ4v) is 15.1. The number of nitrogens with one attached hydrogen (secondary N) is 2. The number of alkyl carbamates (subject to hydrolysis) is 1. The lowest BCUT2D eigenvalue weighted by atomic mass is 9.96. The molecule has 26 heteroatoms. The molecule has 2 amide bonds. The van der Waals surface area contributed by atoms with E-state index in [-0.39, 0.29) is 113 Å². The standard InChI is InChI=1S/C34H40N2O5.C22H27NO2.C13H22N2.C13H13NO5.C9H14O5.C8H19N.2ClH/c35-31(20-21-33(38)40-23-25-13-5-4-6-14-25)34(39)36-22-12-3-1-2-7-19-32(37)41-24-30-28-17-10-8-15-26(28)27-16-9-11-18-29(27)30;23-15-9-3-1-2-4-14-22(24)25-16-21-19-12-7-5-10-17(19)18-11-6-8-13-20(18)21;1-3-7-12(8-4-1)14-11-15-13-9-5-2-6-10-13;15-11(18-8-9-4-2-1-3-5-9)7-6-10-12(16)19-13(17)14-10;1-2-3-12-4-5-13-6-7-14-8-9(10)11;1-6-9(7(2)3)8(4)5;;/h4-6,8-11,13-18,30-31H,1-3,7,12,19-24,35H2,(H,36,39);5-8,10-13,21H,1-4,9,14-16,23H2;12-13H,1-10H2;1-5,10H,6-8H2,(H,14,17);1H,3-8H2,(H,10,11);7-8H,6H2,1-5H3;2*1H/t31-;;;10-;;;;/m0..0..../s1. The maximum atomic E-state index is 12.4. The molecule has 11 rings (SSSR count). The zero-order chi connectivity index (χ0) is 88.4. The molecule has 1 heterocycles. The van der Waals surface area contributed by atoms with E-state index in [0.717, 1.165) is 69.2 Å². The number of unbranched alkanes of at least 4 members (excludes halogenated alkanes) is 8. The Kier molecular flexibility index (Phi) is 56.0. The fourth-order valence-electron chi connectivity index (χ4n) is 15.1. The lowest BCUT2D eigenvalue weighted by Crippen LogP contribution is -3.00. The normalized spacial score (nSPS) is 14.3. The van der Waals surface area contributed by atoms with Gasteiger partial charge < -0.3 is 89.9 Å². The summed E-state index contributed by atoms with van der Waals surface area (Å²) < 4.78 is 40.6. The number of terminal acetylenes is 1. The third-order valence-electron chi connectivity index (χ3n) is 21.7. The molecule has 125 heavy (non-hydrogen) atoms. The number of amides is 2. The van der Waals surface area contributed by atoms with Crippen molar-refractivity contribution in [2.75, 3.05) is 72.5 Å². The highest BCUT2D eigenvalue weighted by Crippen LogP contribution is 2.46. The maximum absolute atomic E-state index is 12.4. The molecule has 9 N–H and O–H groups in total. The summed E-state index contributed by atoms with van der Waals surface area (Å²) in [4.78, 5) is 103. The van der Waals surface area contributed by atoms with Gasteiger partial charge in [0.2, 0.25) is 0 Å². The summed E-state index contributed by atoms with van der Waals surface area (Å²) in [5.74, 6) is -0.167. The van der Waals surface area contributed by atoms with Gasteiger partial charge in [-0.05, 0) is 154 Å². The van der Waals surface area contributed by atoms with Gasteiger partial charge in [-0.15, -0.1) is 6.42 Å². The average Bonchev–Trinajstić information content (AvgIpc) is 1.62. The Balaban J connectivity index is 0.000000336. The molecule has 5 aliphatic rings. The summed E-state index contributed by atoms with van der Waals surface area (Å²) in [5, 5.41) is 13.4. The molecule has 0 spiro atoms. The molecule has 684 valence electrons. The number of carbonyl (C=O) groups is 8. The highest BCUT2D eigenvalue weighted by molar-refractivity contribution is 5.95. The van der Waals surface area contributed by atoms with E-state index in [0.29, 0.717) is 83.0 Å². The van der Waals surface area contributed by atoms with E-state index < -0.39 is 36.1 Å². The lowest BCUT2D eigenvalue weighted by Gasteiger charge is -2.28. The quantitative estimate of drug-likeness (QED) is 0.00593. The third-order valence-corrected chi connectivity index (χ3v) is 21.7. The van der Waals surface area contributed by atoms with Crippen LogP contribution in [0.2, 0.25) is 0 Å². The van der Waals surface area contributed by atoms with Crippen molar-refractivity contribution in [1.82, 2.24) is 15.5 Å². The molecule has 3 fully saturated rings. The Labute approximate surface area is 753 Å². The Morgan fingerprint density at radius 2 is 0.928 bits per heavy atom. The number of benzene rings is 6. The van der Waals surface area contributed by atoms with Gasteiger partial charge in [0.05, 0.1) is 57.5 Å². The van der Waals surface area contributed by atoms with Crippen LogP contribution >= 0.6 is 0 Å². The molecule has 1 aliphatic heterocycles. The summed E-state index contributed by atoms with van der Waals surface area (Å²) in [6, 6.07) is 56.5. The number of rotatable bonds is 44. The van der Waals surface area contributed by atoms with Gasteiger partial charge >= 0.3 is 41.9 Å². The van der Waals surface area contributed by atoms with Gasteiger partial charge in [0.25, 0.3) is 5.91 Å². The predicted octanol–water partition coefficient (Wildman–Crippen LogP) is 9.72. The smallest absolute Gasteiger partial charge is 0.415 e. The van der Waals surface area contributed by atoms with Crippen molar-refractivity contribution in [3.63, 3.8) is 0 Å². The van der Waals surface area contributed by atoms with Crippen LogP contribution < -0.4 is 46.9 Å². The van der Waals surface area contributed by atoms with E-state index in [1.165, 1.54) is 128 Å². The van der Waals surface area contributed by atoms with Crippen LogP contribution in [0.5, 0.6) is 0 Å². The van der Waals surface area contributed by atoms with Crippen molar-refractivity contribution in [3.8, 4) is 34.6 Å².